The number of ether oxygens (including phenoxy) is 2. The van der Waals surface area contributed by atoms with Crippen molar-refractivity contribution in [2.75, 3.05) is 33.1 Å². The van der Waals surface area contributed by atoms with Gasteiger partial charge >= 0.3 is 0 Å². The first-order valence-electron chi connectivity index (χ1n) is 11.2. The number of halogens is 2. The van der Waals surface area contributed by atoms with E-state index >= 15 is 0 Å². The number of rotatable bonds is 8. The quantitative estimate of drug-likeness (QED) is 0.296. The Balaban J connectivity index is 1.88. The summed E-state index contributed by atoms with van der Waals surface area (Å²) in [6, 6.07) is 11.6. The van der Waals surface area contributed by atoms with Gasteiger partial charge in [0.25, 0.3) is 11.5 Å². The van der Waals surface area contributed by atoms with Gasteiger partial charge in [0, 0.05) is 30.6 Å². The Kier molecular flexibility index (Phi) is 8.11. The van der Waals surface area contributed by atoms with E-state index in [-0.39, 0.29) is 23.7 Å². The molecule has 0 aliphatic carbocycles. The molecule has 0 unspecified atom stereocenters. The van der Waals surface area contributed by atoms with Crippen LogP contribution in [0, 0.1) is 0 Å². The van der Waals surface area contributed by atoms with Gasteiger partial charge in [-0.15, -0.1) is 0 Å². The number of nitrogens with one attached hydrogen (secondary N) is 1. The molecule has 4 aromatic rings. The van der Waals surface area contributed by atoms with E-state index in [0.29, 0.717) is 62.1 Å². The molecule has 0 fully saturated rings. The fourth-order valence-electron chi connectivity index (χ4n) is 3.80. The summed E-state index contributed by atoms with van der Waals surface area (Å²) < 4.78 is 11.2. The number of pyridine rings is 1. The minimum Gasteiger partial charge on any atom is -0.496 e. The normalized spacial score (nSPS) is 11.0. The Morgan fingerprint density at radius 2 is 1.92 bits per heavy atom. The van der Waals surface area contributed by atoms with Gasteiger partial charge in [-0.25, -0.2) is 9.97 Å². The van der Waals surface area contributed by atoms with Gasteiger partial charge < -0.3 is 24.5 Å². The zero-order valence-corrected chi connectivity index (χ0v) is 22.7. The summed E-state index contributed by atoms with van der Waals surface area (Å²) in [4.78, 5) is 38.9. The second-order valence-corrected chi connectivity index (χ2v) is 9.44. The number of alkyl halides is 1. The van der Waals surface area contributed by atoms with Gasteiger partial charge in [-0.3, -0.25) is 9.59 Å². The second kappa shape index (κ2) is 11.3. The van der Waals surface area contributed by atoms with Crippen LogP contribution in [0.2, 0.25) is 5.02 Å². The molecule has 1 amide bonds. The smallest absolute Gasteiger partial charge is 0.262 e. The highest BCUT2D eigenvalue weighted by atomic mass is 79.9. The van der Waals surface area contributed by atoms with Gasteiger partial charge in [0.1, 0.15) is 28.3 Å². The molecule has 0 aliphatic heterocycles. The number of benzene rings is 2. The monoisotopic (exact) mass is 586 g/mol. The van der Waals surface area contributed by atoms with Gasteiger partial charge in [-0.2, -0.15) is 0 Å². The van der Waals surface area contributed by atoms with E-state index in [2.05, 4.69) is 25.9 Å². The maximum atomic E-state index is 13.0. The Bertz CT molecular complexity index is 1540. The number of amides is 1. The van der Waals surface area contributed by atoms with E-state index in [1.54, 1.807) is 56.6 Å². The van der Waals surface area contributed by atoms with Crippen molar-refractivity contribution < 1.29 is 19.4 Å². The van der Waals surface area contributed by atoms with E-state index < -0.39 is 5.56 Å². The Morgan fingerprint density at radius 1 is 1.14 bits per heavy atom. The van der Waals surface area contributed by atoms with Crippen molar-refractivity contribution in [3.63, 3.8) is 0 Å². The largest absolute Gasteiger partial charge is 0.496 e. The highest BCUT2D eigenvalue weighted by molar-refractivity contribution is 9.09. The van der Waals surface area contributed by atoms with E-state index in [1.807, 2.05) is 0 Å². The summed E-state index contributed by atoms with van der Waals surface area (Å²) in [5.74, 6) is 0.831. The van der Waals surface area contributed by atoms with Crippen LogP contribution in [-0.4, -0.2) is 64.0 Å². The molecule has 2 aromatic heterocycles. The molecule has 0 aliphatic rings. The van der Waals surface area contributed by atoms with Crippen molar-refractivity contribution in [2.45, 2.75) is 6.61 Å². The van der Waals surface area contributed by atoms with Crippen LogP contribution in [0.1, 0.15) is 15.9 Å². The summed E-state index contributed by atoms with van der Waals surface area (Å²) in [7, 11) is 4.78. The lowest BCUT2D eigenvalue weighted by atomic mass is 10.1. The third-order valence-electron chi connectivity index (χ3n) is 5.55. The molecule has 0 atom stereocenters. The first-order valence-corrected chi connectivity index (χ1v) is 12.7. The highest BCUT2D eigenvalue weighted by Crippen LogP contribution is 2.36. The predicted octanol–water partition coefficient (Wildman–Crippen LogP) is 4.28. The summed E-state index contributed by atoms with van der Waals surface area (Å²) >= 11 is 9.96. The molecule has 192 valence electrons. The van der Waals surface area contributed by atoms with Gasteiger partial charge in [0.05, 0.1) is 30.9 Å². The molecular weight excluding hydrogens is 564 g/mol. The van der Waals surface area contributed by atoms with Gasteiger partial charge in [0.15, 0.2) is 5.82 Å². The lowest BCUT2D eigenvalue weighted by molar-refractivity contribution is 0.0827. The van der Waals surface area contributed by atoms with Crippen molar-refractivity contribution in [2.24, 2.45) is 0 Å². The molecule has 0 radical (unpaired) electrons. The lowest BCUT2D eigenvalue weighted by Crippen LogP contribution is -2.21. The van der Waals surface area contributed by atoms with Crippen molar-refractivity contribution in [1.82, 2.24) is 19.9 Å². The third-order valence-corrected chi connectivity index (χ3v) is 6.18. The zero-order valence-electron chi connectivity index (χ0n) is 20.3. The fraction of sp³-hybridized carbons (Fsp3) is 0.231. The summed E-state index contributed by atoms with van der Waals surface area (Å²) in [6.07, 6.45) is 0. The Hall–Kier alpha value is -3.47. The van der Waals surface area contributed by atoms with Gasteiger partial charge in [0.2, 0.25) is 0 Å². The third kappa shape index (κ3) is 5.46. The van der Waals surface area contributed by atoms with E-state index in [9.17, 15) is 14.7 Å². The maximum Gasteiger partial charge on any atom is 0.262 e. The Labute approximate surface area is 226 Å². The maximum absolute atomic E-state index is 13.0. The van der Waals surface area contributed by atoms with Gasteiger partial charge in [-0.1, -0.05) is 33.6 Å². The van der Waals surface area contributed by atoms with Crippen LogP contribution in [-0.2, 0) is 6.61 Å². The molecule has 37 heavy (non-hydrogen) atoms. The number of hydrogen-bond donors (Lipinski definition) is 2. The lowest BCUT2D eigenvalue weighted by Gasteiger charge is -2.15. The molecule has 11 heteroatoms. The molecule has 9 nitrogen and oxygen atoms in total. The van der Waals surface area contributed by atoms with Crippen molar-refractivity contribution in [3.8, 4) is 34.3 Å². The number of aliphatic hydroxyl groups excluding tert-OH is 1. The van der Waals surface area contributed by atoms with Crippen LogP contribution in [0.15, 0.2) is 47.3 Å². The number of fused-ring (bicyclic) bond motifs is 1. The molecule has 0 saturated heterocycles. The minimum absolute atomic E-state index is 0.179. The first kappa shape index (κ1) is 26.6. The number of hydrogen-bond acceptors (Lipinski definition) is 7. The van der Waals surface area contributed by atoms with Crippen LogP contribution in [0.4, 0.5) is 0 Å². The van der Waals surface area contributed by atoms with Crippen molar-refractivity contribution in [1.29, 1.82) is 0 Å². The fourth-order valence-corrected chi connectivity index (χ4v) is 4.23. The number of aromatic amines is 1. The molecular formula is C26H24BrClN4O5. The second-order valence-electron chi connectivity index (χ2n) is 8.24. The topological polar surface area (TPSA) is 118 Å². The van der Waals surface area contributed by atoms with E-state index in [0.717, 1.165) is 0 Å². The van der Waals surface area contributed by atoms with Crippen LogP contribution in [0.25, 0.3) is 33.7 Å². The SMILES string of the molecule is COc1cc(CO)cc2nc(-c3ccc(OCCBr)c(-c4ccc(C(=O)N(C)C)cc4Cl)n3)[nH]c(=O)c12. The number of methoxy groups -OCH3 is 1. The van der Waals surface area contributed by atoms with Crippen LogP contribution < -0.4 is 15.0 Å². The van der Waals surface area contributed by atoms with Crippen molar-refractivity contribution >= 4 is 44.3 Å². The molecule has 2 heterocycles. The number of H-pyrrole nitrogens is 1. The highest BCUT2D eigenvalue weighted by Gasteiger charge is 2.19. The number of aliphatic hydroxyl groups is 1. The molecule has 0 saturated carbocycles. The number of carbonyl (C=O) groups excluding carboxylic acids is 1. The number of carbonyl (C=O) groups is 1. The average Bonchev–Trinajstić information content (AvgIpc) is 2.90. The first-order chi connectivity index (χ1) is 17.8. The summed E-state index contributed by atoms with van der Waals surface area (Å²) in [6.45, 7) is 0.153. The molecule has 4 rings (SSSR count). The summed E-state index contributed by atoms with van der Waals surface area (Å²) in [5.41, 5.74) is 2.29. The molecule has 0 bridgehead atoms. The molecule has 2 N–H and O–H groups in total. The Morgan fingerprint density at radius 3 is 2.57 bits per heavy atom. The minimum atomic E-state index is -0.408. The number of aromatic nitrogens is 3. The van der Waals surface area contributed by atoms with E-state index in [4.69, 9.17) is 26.1 Å². The standard InChI is InChI=1S/C26H24BrClN4O5/c1-32(2)26(35)15-4-5-16(17(28)12-15)23-20(37-9-8-27)7-6-18(29-23)24-30-19-10-14(13-33)11-21(36-3)22(19)25(34)31-24/h4-7,10-12,33H,8-9,13H2,1-3H3,(H,30,31,34). The van der Waals surface area contributed by atoms with Gasteiger partial charge in [-0.05, 0) is 42.0 Å². The summed E-state index contributed by atoms with van der Waals surface area (Å²) in [5, 5.41) is 10.8. The zero-order chi connectivity index (χ0) is 26.7. The van der Waals surface area contributed by atoms with Crippen LogP contribution in [0.5, 0.6) is 11.5 Å². The molecule has 0 spiro atoms. The average molecular weight is 588 g/mol. The molecule has 2 aromatic carbocycles. The van der Waals surface area contributed by atoms with Crippen LogP contribution in [0.3, 0.4) is 0 Å². The van der Waals surface area contributed by atoms with Crippen molar-refractivity contribution in [3.05, 3.63) is 69.0 Å². The van der Waals surface area contributed by atoms with E-state index in [1.165, 1.54) is 12.0 Å². The van der Waals surface area contributed by atoms with Crippen LogP contribution >= 0.6 is 27.5 Å². The predicted molar refractivity (Wildman–Crippen MR) is 146 cm³/mol. The number of nitrogens with zero attached hydrogens (tertiary/aromatic N) is 3.